The van der Waals surface area contributed by atoms with Gasteiger partial charge in [0, 0.05) is 33.2 Å². The van der Waals surface area contributed by atoms with Crippen LogP contribution in [0.3, 0.4) is 0 Å². The van der Waals surface area contributed by atoms with Crippen molar-refractivity contribution in [2.45, 2.75) is 38.5 Å². The summed E-state index contributed by atoms with van der Waals surface area (Å²) in [4.78, 5) is 0. The maximum atomic E-state index is 12.0. The first-order valence-corrected chi connectivity index (χ1v) is 8.30. The number of benzene rings is 1. The summed E-state index contributed by atoms with van der Waals surface area (Å²) in [6.45, 7) is 8.81. The van der Waals surface area contributed by atoms with Crippen LogP contribution in [-0.4, -0.2) is 21.3 Å². The van der Waals surface area contributed by atoms with Crippen molar-refractivity contribution < 1.29 is 8.63 Å². The van der Waals surface area contributed by atoms with Gasteiger partial charge in [0.1, 0.15) is 11.3 Å². The lowest BCUT2D eigenvalue weighted by atomic mass is 10.2. The van der Waals surface area contributed by atoms with E-state index < -0.39 is 10.8 Å². The van der Waals surface area contributed by atoms with Crippen LogP contribution in [0.15, 0.2) is 34.7 Å². The third kappa shape index (κ3) is 3.70. The van der Waals surface area contributed by atoms with Gasteiger partial charge >= 0.3 is 0 Å². The van der Waals surface area contributed by atoms with Crippen LogP contribution >= 0.6 is 0 Å². The minimum absolute atomic E-state index is 0.124. The Kier molecular flexibility index (Phi) is 4.66. The summed E-state index contributed by atoms with van der Waals surface area (Å²) in [6, 6.07) is 10.2. The van der Waals surface area contributed by atoms with Crippen molar-refractivity contribution >= 4 is 21.8 Å². The van der Waals surface area contributed by atoms with Crippen molar-refractivity contribution in [1.29, 1.82) is 0 Å². The predicted molar refractivity (Wildman–Crippen MR) is 85.4 cm³/mol. The molecule has 0 bridgehead atoms. The molecule has 3 nitrogen and oxygen atoms in total. The molecule has 0 spiro atoms. The predicted octanol–water partition coefficient (Wildman–Crippen LogP) is 3.63. The number of hydrogen-bond donors (Lipinski definition) is 1. The molecule has 0 aliphatic rings. The Morgan fingerprint density at radius 2 is 2.00 bits per heavy atom. The zero-order valence-electron chi connectivity index (χ0n) is 12.6. The second kappa shape index (κ2) is 6.10. The van der Waals surface area contributed by atoms with Crippen LogP contribution in [0.25, 0.3) is 11.0 Å². The van der Waals surface area contributed by atoms with Gasteiger partial charge in [-0.3, -0.25) is 4.21 Å². The van der Waals surface area contributed by atoms with Gasteiger partial charge in [-0.1, -0.05) is 18.2 Å². The lowest BCUT2D eigenvalue weighted by Gasteiger charge is -2.18. The van der Waals surface area contributed by atoms with Crippen LogP contribution in [0.4, 0.5) is 0 Å². The number of rotatable bonds is 5. The van der Waals surface area contributed by atoms with E-state index in [1.54, 1.807) is 0 Å². The fourth-order valence-corrected chi connectivity index (χ4v) is 2.91. The van der Waals surface area contributed by atoms with Gasteiger partial charge in [0.15, 0.2) is 0 Å². The molecule has 0 saturated heterocycles. The lowest BCUT2D eigenvalue weighted by Crippen LogP contribution is -2.30. The molecule has 2 rings (SSSR count). The van der Waals surface area contributed by atoms with Gasteiger partial charge in [-0.15, -0.1) is 0 Å². The summed E-state index contributed by atoms with van der Waals surface area (Å²) in [5.74, 6) is 1.58. The molecule has 1 aromatic carbocycles. The van der Waals surface area contributed by atoms with Gasteiger partial charge in [0.2, 0.25) is 0 Å². The van der Waals surface area contributed by atoms with Crippen molar-refractivity contribution in [1.82, 2.24) is 5.32 Å². The Hall–Kier alpha value is -1.13. The highest BCUT2D eigenvalue weighted by atomic mass is 32.2. The molecule has 1 N–H and O–H groups in total. The first-order valence-electron chi connectivity index (χ1n) is 6.98. The van der Waals surface area contributed by atoms with Crippen LogP contribution < -0.4 is 5.32 Å². The quantitative estimate of drug-likeness (QED) is 0.915. The van der Waals surface area contributed by atoms with Gasteiger partial charge in [0.05, 0.1) is 6.04 Å². The first-order chi connectivity index (χ1) is 9.38. The standard InChI is InChI=1S/C16H23NO2S/c1-12(17-9-10-20(18)16(2,3)4)15-11-13-7-5-6-8-14(13)19-15/h5-8,11-12,17H,9-10H2,1-4H3/t12-,20+/m1/s1. The fraction of sp³-hybridized carbons (Fsp3) is 0.500. The van der Waals surface area contributed by atoms with Crippen LogP contribution in [0, 0.1) is 0 Å². The van der Waals surface area contributed by atoms with Gasteiger partial charge in [-0.05, 0) is 39.8 Å². The molecule has 0 aliphatic heterocycles. The molecule has 2 atom stereocenters. The number of hydrogen-bond acceptors (Lipinski definition) is 3. The molecule has 0 fully saturated rings. The van der Waals surface area contributed by atoms with E-state index in [2.05, 4.69) is 18.3 Å². The molecule has 4 heteroatoms. The molecule has 0 radical (unpaired) electrons. The Labute approximate surface area is 123 Å². The number of fused-ring (bicyclic) bond motifs is 1. The third-order valence-corrected chi connectivity index (χ3v) is 5.23. The average Bonchev–Trinajstić information content (AvgIpc) is 2.81. The maximum absolute atomic E-state index is 12.0. The van der Waals surface area contributed by atoms with Crippen molar-refractivity contribution in [3.05, 3.63) is 36.1 Å². The lowest BCUT2D eigenvalue weighted by molar-refractivity contribution is 0.459. The van der Waals surface area contributed by atoms with Crippen LogP contribution in [0.5, 0.6) is 0 Å². The summed E-state index contributed by atoms with van der Waals surface area (Å²) in [7, 11) is -0.818. The summed E-state index contributed by atoms with van der Waals surface area (Å²) in [5.41, 5.74) is 0.911. The summed E-state index contributed by atoms with van der Waals surface area (Å²) < 4.78 is 17.6. The normalized spacial score (nSPS) is 15.4. The third-order valence-electron chi connectivity index (χ3n) is 3.29. The Morgan fingerprint density at radius 1 is 1.30 bits per heavy atom. The number of nitrogens with one attached hydrogen (secondary N) is 1. The van der Waals surface area contributed by atoms with E-state index in [1.165, 1.54) is 0 Å². The maximum Gasteiger partial charge on any atom is 0.134 e. The van der Waals surface area contributed by atoms with E-state index in [4.69, 9.17) is 4.42 Å². The smallest absolute Gasteiger partial charge is 0.134 e. The van der Waals surface area contributed by atoms with Crippen LogP contribution in [0.1, 0.15) is 39.5 Å². The van der Waals surface area contributed by atoms with Crippen molar-refractivity contribution in [2.75, 3.05) is 12.3 Å². The van der Waals surface area contributed by atoms with Crippen molar-refractivity contribution in [3.8, 4) is 0 Å². The second-order valence-electron chi connectivity index (χ2n) is 6.02. The fourth-order valence-electron chi connectivity index (χ4n) is 1.99. The summed E-state index contributed by atoms with van der Waals surface area (Å²) >= 11 is 0. The highest BCUT2D eigenvalue weighted by Crippen LogP contribution is 2.23. The molecule has 1 heterocycles. The number of furan rings is 1. The van der Waals surface area contributed by atoms with Gasteiger partial charge < -0.3 is 9.73 Å². The highest BCUT2D eigenvalue weighted by molar-refractivity contribution is 7.86. The average molecular weight is 293 g/mol. The van der Waals surface area contributed by atoms with Crippen molar-refractivity contribution in [3.63, 3.8) is 0 Å². The molecule has 0 unspecified atom stereocenters. The largest absolute Gasteiger partial charge is 0.459 e. The van der Waals surface area contributed by atoms with Crippen LogP contribution in [-0.2, 0) is 10.8 Å². The van der Waals surface area contributed by atoms with Gasteiger partial charge in [-0.2, -0.15) is 0 Å². The zero-order chi connectivity index (χ0) is 14.8. The van der Waals surface area contributed by atoms with E-state index >= 15 is 0 Å². The monoisotopic (exact) mass is 293 g/mol. The van der Waals surface area contributed by atoms with Gasteiger partial charge in [0.25, 0.3) is 0 Å². The second-order valence-corrected chi connectivity index (χ2v) is 8.35. The summed E-state index contributed by atoms with van der Waals surface area (Å²) in [5, 5.41) is 4.50. The minimum atomic E-state index is -0.818. The molecule has 1 aromatic heterocycles. The van der Waals surface area contributed by atoms with Crippen LogP contribution in [0.2, 0.25) is 0 Å². The molecule has 0 amide bonds. The molecule has 0 aliphatic carbocycles. The topological polar surface area (TPSA) is 42.2 Å². The van der Waals surface area contributed by atoms with E-state index in [0.29, 0.717) is 5.75 Å². The number of para-hydroxylation sites is 1. The summed E-state index contributed by atoms with van der Waals surface area (Å²) in [6.07, 6.45) is 0. The van der Waals surface area contributed by atoms with E-state index in [1.807, 2.05) is 45.0 Å². The molecular weight excluding hydrogens is 270 g/mol. The van der Waals surface area contributed by atoms with E-state index in [0.717, 1.165) is 23.3 Å². The SMILES string of the molecule is C[C@@H](NCC[S@](=O)C(C)(C)C)c1cc2ccccc2o1. The highest BCUT2D eigenvalue weighted by Gasteiger charge is 2.19. The van der Waals surface area contributed by atoms with E-state index in [9.17, 15) is 4.21 Å². The molecule has 110 valence electrons. The Morgan fingerprint density at radius 3 is 2.65 bits per heavy atom. The molecule has 0 saturated carbocycles. The Bertz CT molecular complexity index is 565. The molecule has 20 heavy (non-hydrogen) atoms. The molecule has 2 aromatic rings. The Balaban J connectivity index is 1.92. The zero-order valence-corrected chi connectivity index (χ0v) is 13.4. The van der Waals surface area contributed by atoms with Gasteiger partial charge in [-0.25, -0.2) is 0 Å². The van der Waals surface area contributed by atoms with E-state index in [-0.39, 0.29) is 10.8 Å². The van der Waals surface area contributed by atoms with Crippen molar-refractivity contribution in [2.24, 2.45) is 0 Å². The first kappa shape index (κ1) is 15.3. The minimum Gasteiger partial charge on any atom is -0.459 e. The molecular formula is C16H23NO2S.